The van der Waals surface area contributed by atoms with Crippen molar-refractivity contribution in [1.29, 1.82) is 0 Å². The first-order valence-electron chi connectivity index (χ1n) is 5.94. The highest BCUT2D eigenvalue weighted by Crippen LogP contribution is 2.32. The van der Waals surface area contributed by atoms with Gasteiger partial charge in [0.05, 0.1) is 5.69 Å². The lowest BCUT2D eigenvalue weighted by atomic mass is 10.1. The van der Waals surface area contributed by atoms with Crippen molar-refractivity contribution in [3.63, 3.8) is 0 Å². The number of halogens is 3. The maximum absolute atomic E-state index is 12.4. The lowest BCUT2D eigenvalue weighted by Gasteiger charge is -2.13. The monoisotopic (exact) mass is 282 g/mol. The molecule has 0 aliphatic carbocycles. The van der Waals surface area contributed by atoms with Crippen LogP contribution in [0.4, 0.5) is 13.2 Å². The number of nitrogens with one attached hydrogen (secondary N) is 1. The minimum atomic E-state index is -4.72. The smallest absolute Gasteiger partial charge is 0.405 e. The van der Waals surface area contributed by atoms with Gasteiger partial charge in [-0.15, -0.1) is 13.2 Å². The molecule has 2 rings (SSSR count). The van der Waals surface area contributed by atoms with E-state index in [1.807, 2.05) is 6.07 Å². The fourth-order valence-corrected chi connectivity index (χ4v) is 1.78. The van der Waals surface area contributed by atoms with Gasteiger partial charge in [-0.25, -0.2) is 0 Å². The van der Waals surface area contributed by atoms with Crippen LogP contribution in [0.3, 0.4) is 0 Å². The molecule has 0 spiro atoms. The van der Waals surface area contributed by atoms with E-state index < -0.39 is 6.36 Å². The van der Waals surface area contributed by atoms with Gasteiger partial charge in [0.15, 0.2) is 0 Å². The SMILES string of the molecule is CNCc1ccc(-c2ccccc2OC(F)(F)F)nc1. The summed E-state index contributed by atoms with van der Waals surface area (Å²) < 4.78 is 41.1. The lowest BCUT2D eigenvalue weighted by molar-refractivity contribution is -0.274. The molecule has 0 unspecified atom stereocenters. The normalized spacial score (nSPS) is 11.4. The van der Waals surface area contributed by atoms with Gasteiger partial charge in [0.25, 0.3) is 0 Å². The Morgan fingerprint density at radius 2 is 1.90 bits per heavy atom. The molecule has 0 bridgehead atoms. The van der Waals surface area contributed by atoms with Crippen molar-refractivity contribution in [3.05, 3.63) is 48.2 Å². The Morgan fingerprint density at radius 3 is 2.50 bits per heavy atom. The first-order valence-corrected chi connectivity index (χ1v) is 5.94. The van der Waals surface area contributed by atoms with Crippen LogP contribution in [-0.2, 0) is 6.54 Å². The fraction of sp³-hybridized carbons (Fsp3) is 0.214. The Bertz CT molecular complexity index is 567. The number of para-hydroxylation sites is 1. The number of benzene rings is 1. The van der Waals surface area contributed by atoms with Crippen LogP contribution in [0.1, 0.15) is 5.56 Å². The number of rotatable bonds is 4. The van der Waals surface area contributed by atoms with Crippen molar-refractivity contribution in [2.45, 2.75) is 12.9 Å². The quantitative estimate of drug-likeness (QED) is 0.933. The molecule has 2 aromatic rings. The highest BCUT2D eigenvalue weighted by molar-refractivity contribution is 5.67. The average molecular weight is 282 g/mol. The average Bonchev–Trinajstić information content (AvgIpc) is 2.39. The number of nitrogens with zero attached hydrogens (tertiary/aromatic N) is 1. The van der Waals surface area contributed by atoms with Gasteiger partial charge in [0, 0.05) is 18.3 Å². The summed E-state index contributed by atoms with van der Waals surface area (Å²) in [6.07, 6.45) is -3.10. The highest BCUT2D eigenvalue weighted by atomic mass is 19.4. The zero-order valence-electron chi connectivity index (χ0n) is 10.7. The number of ether oxygens (including phenoxy) is 1. The zero-order valence-corrected chi connectivity index (χ0v) is 10.7. The minimum absolute atomic E-state index is 0.256. The maximum Gasteiger partial charge on any atom is 0.573 e. The molecule has 0 amide bonds. The van der Waals surface area contributed by atoms with Crippen LogP contribution < -0.4 is 10.1 Å². The predicted molar refractivity (Wildman–Crippen MR) is 69.1 cm³/mol. The first kappa shape index (κ1) is 14.3. The summed E-state index contributed by atoms with van der Waals surface area (Å²) in [5.74, 6) is -0.256. The molecule has 0 atom stereocenters. The second-order valence-electron chi connectivity index (χ2n) is 4.13. The second-order valence-corrected chi connectivity index (χ2v) is 4.13. The van der Waals surface area contributed by atoms with Crippen LogP contribution in [0.2, 0.25) is 0 Å². The molecule has 0 saturated heterocycles. The summed E-state index contributed by atoms with van der Waals surface area (Å²) in [4.78, 5) is 4.17. The van der Waals surface area contributed by atoms with E-state index in [2.05, 4.69) is 15.0 Å². The van der Waals surface area contributed by atoms with Gasteiger partial charge in [-0.05, 0) is 30.8 Å². The summed E-state index contributed by atoms with van der Waals surface area (Å²) >= 11 is 0. The van der Waals surface area contributed by atoms with Crippen molar-refractivity contribution in [2.75, 3.05) is 7.05 Å². The van der Waals surface area contributed by atoms with Crippen LogP contribution in [0.5, 0.6) is 5.75 Å². The topological polar surface area (TPSA) is 34.1 Å². The van der Waals surface area contributed by atoms with Crippen LogP contribution in [-0.4, -0.2) is 18.4 Å². The van der Waals surface area contributed by atoms with Crippen molar-refractivity contribution in [1.82, 2.24) is 10.3 Å². The predicted octanol–water partition coefficient (Wildman–Crippen LogP) is 3.37. The van der Waals surface area contributed by atoms with Crippen LogP contribution in [0.25, 0.3) is 11.3 Å². The molecule has 0 fully saturated rings. The molecular weight excluding hydrogens is 269 g/mol. The van der Waals surface area contributed by atoms with E-state index in [1.165, 1.54) is 12.1 Å². The summed E-state index contributed by atoms with van der Waals surface area (Å²) in [7, 11) is 1.81. The Morgan fingerprint density at radius 1 is 1.15 bits per heavy atom. The summed E-state index contributed by atoms with van der Waals surface area (Å²) in [6, 6.07) is 9.42. The van der Waals surface area contributed by atoms with Gasteiger partial charge in [0.2, 0.25) is 0 Å². The van der Waals surface area contributed by atoms with E-state index in [1.54, 1.807) is 31.4 Å². The van der Waals surface area contributed by atoms with Crippen molar-refractivity contribution in [2.24, 2.45) is 0 Å². The van der Waals surface area contributed by atoms with E-state index >= 15 is 0 Å². The summed E-state index contributed by atoms with van der Waals surface area (Å²) in [6.45, 7) is 0.647. The van der Waals surface area contributed by atoms with E-state index in [-0.39, 0.29) is 5.75 Å². The Labute approximate surface area is 114 Å². The van der Waals surface area contributed by atoms with Crippen molar-refractivity contribution < 1.29 is 17.9 Å². The van der Waals surface area contributed by atoms with E-state index in [0.29, 0.717) is 17.8 Å². The molecule has 3 nitrogen and oxygen atoms in total. The van der Waals surface area contributed by atoms with Gasteiger partial charge in [-0.3, -0.25) is 4.98 Å². The van der Waals surface area contributed by atoms with Gasteiger partial charge < -0.3 is 10.1 Å². The zero-order chi connectivity index (χ0) is 14.6. The first-order chi connectivity index (χ1) is 9.49. The standard InChI is InChI=1S/C14H13F3N2O/c1-18-8-10-6-7-12(19-9-10)11-4-2-3-5-13(11)20-14(15,16)17/h2-7,9,18H,8H2,1H3. The van der Waals surface area contributed by atoms with Gasteiger partial charge in [-0.1, -0.05) is 18.2 Å². The third kappa shape index (κ3) is 3.71. The molecule has 106 valence electrons. The molecule has 0 aliphatic rings. The Balaban J connectivity index is 2.32. The number of hydrogen-bond acceptors (Lipinski definition) is 3. The van der Waals surface area contributed by atoms with E-state index in [0.717, 1.165) is 5.56 Å². The summed E-state index contributed by atoms with van der Waals surface area (Å²) in [5, 5.41) is 2.97. The van der Waals surface area contributed by atoms with Gasteiger partial charge >= 0.3 is 6.36 Å². The van der Waals surface area contributed by atoms with Gasteiger partial charge in [-0.2, -0.15) is 0 Å². The number of hydrogen-bond donors (Lipinski definition) is 1. The molecule has 1 aromatic carbocycles. The molecule has 1 N–H and O–H groups in total. The Hall–Kier alpha value is -2.08. The molecule has 0 aliphatic heterocycles. The molecule has 1 heterocycles. The molecule has 0 saturated carbocycles. The highest BCUT2D eigenvalue weighted by Gasteiger charge is 2.32. The molecular formula is C14H13F3N2O. The van der Waals surface area contributed by atoms with E-state index in [4.69, 9.17) is 0 Å². The number of aromatic nitrogens is 1. The van der Waals surface area contributed by atoms with E-state index in [9.17, 15) is 13.2 Å². The van der Waals surface area contributed by atoms with Crippen molar-refractivity contribution in [3.8, 4) is 17.0 Å². The van der Waals surface area contributed by atoms with Crippen molar-refractivity contribution >= 4 is 0 Å². The summed E-state index contributed by atoms with van der Waals surface area (Å²) in [5.41, 5.74) is 1.69. The second kappa shape index (κ2) is 5.92. The maximum atomic E-state index is 12.4. The largest absolute Gasteiger partial charge is 0.573 e. The van der Waals surface area contributed by atoms with Crippen LogP contribution in [0.15, 0.2) is 42.6 Å². The molecule has 6 heteroatoms. The fourth-order valence-electron chi connectivity index (χ4n) is 1.78. The molecule has 0 radical (unpaired) electrons. The minimum Gasteiger partial charge on any atom is -0.405 e. The third-order valence-corrected chi connectivity index (χ3v) is 2.59. The van der Waals surface area contributed by atoms with Crippen LogP contribution >= 0.6 is 0 Å². The van der Waals surface area contributed by atoms with Crippen LogP contribution in [0, 0.1) is 0 Å². The number of pyridine rings is 1. The molecule has 20 heavy (non-hydrogen) atoms. The van der Waals surface area contributed by atoms with Gasteiger partial charge in [0.1, 0.15) is 5.75 Å². The lowest BCUT2D eigenvalue weighted by Crippen LogP contribution is -2.17. The third-order valence-electron chi connectivity index (χ3n) is 2.59. The molecule has 1 aromatic heterocycles. The Kier molecular flexibility index (Phi) is 4.24. The number of alkyl halides is 3.